The number of nitrogens with zero attached hydrogens (tertiary/aromatic N) is 1. The lowest BCUT2D eigenvalue weighted by Gasteiger charge is -2.26. The van der Waals surface area contributed by atoms with Crippen LogP contribution >= 0.6 is 24.0 Å². The summed E-state index contributed by atoms with van der Waals surface area (Å²) >= 11 is 0. The van der Waals surface area contributed by atoms with E-state index in [4.69, 9.17) is 15.2 Å². The largest absolute Gasteiger partial charge is 0.493 e. The summed E-state index contributed by atoms with van der Waals surface area (Å²) in [6, 6.07) is 16.4. The zero-order valence-corrected chi connectivity index (χ0v) is 18.9. The summed E-state index contributed by atoms with van der Waals surface area (Å²) in [4.78, 5) is 4.48. The molecule has 1 atom stereocenters. The van der Waals surface area contributed by atoms with Crippen molar-refractivity contribution in [2.75, 3.05) is 19.8 Å². The number of nitrogens with one attached hydrogen (secondary N) is 1. The van der Waals surface area contributed by atoms with Crippen molar-refractivity contribution in [2.45, 2.75) is 32.7 Å². The molecule has 1 heterocycles. The molecule has 0 saturated heterocycles. The first-order chi connectivity index (χ1) is 13.1. The Labute approximate surface area is 184 Å². The third kappa shape index (κ3) is 6.58. The second-order valence-corrected chi connectivity index (χ2v) is 7.24. The Hall–Kier alpha value is -1.96. The van der Waals surface area contributed by atoms with Crippen LogP contribution in [0.1, 0.15) is 37.4 Å². The van der Waals surface area contributed by atoms with Crippen molar-refractivity contribution in [1.82, 2.24) is 5.32 Å². The highest BCUT2D eigenvalue weighted by atomic mass is 127. The second-order valence-electron chi connectivity index (χ2n) is 7.24. The number of hydrogen-bond donors (Lipinski definition) is 2. The van der Waals surface area contributed by atoms with E-state index >= 15 is 0 Å². The predicted octanol–water partition coefficient (Wildman–Crippen LogP) is 4.31. The molecule has 3 rings (SSSR count). The minimum atomic E-state index is 0. The normalized spacial score (nSPS) is 16.0. The smallest absolute Gasteiger partial charge is 0.189 e. The Bertz CT molecular complexity index is 763. The van der Waals surface area contributed by atoms with Crippen molar-refractivity contribution in [2.24, 2.45) is 16.6 Å². The molecule has 0 bridgehead atoms. The molecule has 2 aromatic rings. The van der Waals surface area contributed by atoms with Crippen LogP contribution in [0.25, 0.3) is 0 Å². The maximum absolute atomic E-state index is 6.10. The van der Waals surface area contributed by atoms with E-state index in [1.54, 1.807) is 0 Å². The van der Waals surface area contributed by atoms with Crippen LogP contribution in [0.4, 0.5) is 0 Å². The number of hydrogen-bond acceptors (Lipinski definition) is 3. The van der Waals surface area contributed by atoms with Gasteiger partial charge in [0.15, 0.2) is 5.96 Å². The van der Waals surface area contributed by atoms with Crippen LogP contribution in [0.5, 0.6) is 11.5 Å². The molecule has 0 amide bonds. The molecule has 3 N–H and O–H groups in total. The average Bonchev–Trinajstić information content (AvgIpc) is 2.67. The molecule has 5 nitrogen and oxygen atoms in total. The Morgan fingerprint density at radius 1 is 1.21 bits per heavy atom. The van der Waals surface area contributed by atoms with Crippen molar-refractivity contribution >= 4 is 29.9 Å². The first kappa shape index (κ1) is 22.3. The number of benzene rings is 2. The quantitative estimate of drug-likeness (QED) is 0.341. The summed E-state index contributed by atoms with van der Waals surface area (Å²) in [6.07, 6.45) is 1.72. The van der Waals surface area contributed by atoms with E-state index in [9.17, 15) is 0 Å². The van der Waals surface area contributed by atoms with Gasteiger partial charge in [0.2, 0.25) is 0 Å². The maximum atomic E-state index is 6.10. The molecule has 0 aromatic heterocycles. The molecule has 0 fully saturated rings. The number of para-hydroxylation sites is 1. The van der Waals surface area contributed by atoms with Gasteiger partial charge in [0.05, 0.1) is 19.3 Å². The lowest BCUT2D eigenvalue weighted by atomic mass is 10.0. The number of ether oxygens (including phenoxy) is 2. The van der Waals surface area contributed by atoms with Gasteiger partial charge in [-0.25, -0.2) is 0 Å². The highest BCUT2D eigenvalue weighted by Crippen LogP contribution is 2.31. The minimum Gasteiger partial charge on any atom is -0.493 e. The van der Waals surface area contributed by atoms with E-state index in [0.717, 1.165) is 36.5 Å². The van der Waals surface area contributed by atoms with Gasteiger partial charge in [-0.15, -0.1) is 24.0 Å². The molecule has 152 valence electrons. The van der Waals surface area contributed by atoms with Crippen LogP contribution in [-0.4, -0.2) is 25.7 Å². The van der Waals surface area contributed by atoms with E-state index < -0.39 is 0 Å². The molecule has 1 aliphatic heterocycles. The van der Waals surface area contributed by atoms with Crippen LogP contribution in [-0.2, 0) is 6.42 Å². The van der Waals surface area contributed by atoms with Gasteiger partial charge in [-0.2, -0.15) is 0 Å². The third-order valence-electron chi connectivity index (χ3n) is 4.47. The topological polar surface area (TPSA) is 68.9 Å². The van der Waals surface area contributed by atoms with E-state index in [0.29, 0.717) is 25.0 Å². The van der Waals surface area contributed by atoms with E-state index in [-0.39, 0.29) is 30.0 Å². The third-order valence-corrected chi connectivity index (χ3v) is 4.47. The Morgan fingerprint density at radius 3 is 2.71 bits per heavy atom. The molecule has 0 spiro atoms. The number of guanidine groups is 1. The summed E-state index contributed by atoms with van der Waals surface area (Å²) < 4.78 is 11.4. The molecule has 2 aromatic carbocycles. The average molecular weight is 495 g/mol. The van der Waals surface area contributed by atoms with Crippen LogP contribution < -0.4 is 20.5 Å². The molecule has 1 aliphatic rings. The van der Waals surface area contributed by atoms with Gasteiger partial charge in [0.25, 0.3) is 0 Å². The summed E-state index contributed by atoms with van der Waals surface area (Å²) in [7, 11) is 0. The van der Waals surface area contributed by atoms with Crippen molar-refractivity contribution in [3.05, 3.63) is 59.7 Å². The molecule has 28 heavy (non-hydrogen) atoms. The molecule has 1 unspecified atom stereocenters. The van der Waals surface area contributed by atoms with Crippen molar-refractivity contribution in [3.63, 3.8) is 0 Å². The lowest BCUT2D eigenvalue weighted by Crippen LogP contribution is -2.37. The SMILES string of the molecule is CC(C)COc1ccc(CCN=C(N)NC2CCOc3ccccc32)cc1.I. The van der Waals surface area contributed by atoms with Crippen LogP contribution in [0, 0.1) is 5.92 Å². The number of halogens is 1. The first-order valence-electron chi connectivity index (χ1n) is 9.61. The van der Waals surface area contributed by atoms with Gasteiger partial charge in [0, 0.05) is 18.5 Å². The molecule has 0 radical (unpaired) electrons. The monoisotopic (exact) mass is 495 g/mol. The number of rotatable bonds is 7. The zero-order chi connectivity index (χ0) is 19.1. The van der Waals surface area contributed by atoms with E-state index in [2.05, 4.69) is 42.4 Å². The van der Waals surface area contributed by atoms with Gasteiger partial charge in [-0.3, -0.25) is 4.99 Å². The minimum absolute atomic E-state index is 0. The Balaban J connectivity index is 0.00000280. The Kier molecular flexibility index (Phi) is 8.89. The van der Waals surface area contributed by atoms with Crippen molar-refractivity contribution in [3.8, 4) is 11.5 Å². The summed E-state index contributed by atoms with van der Waals surface area (Å²) in [5, 5.41) is 3.33. The van der Waals surface area contributed by atoms with E-state index in [1.807, 2.05) is 30.3 Å². The van der Waals surface area contributed by atoms with Gasteiger partial charge in [0.1, 0.15) is 11.5 Å². The van der Waals surface area contributed by atoms with Gasteiger partial charge in [-0.05, 0) is 36.1 Å². The summed E-state index contributed by atoms with van der Waals surface area (Å²) in [5.41, 5.74) is 8.46. The van der Waals surface area contributed by atoms with Crippen molar-refractivity contribution < 1.29 is 9.47 Å². The van der Waals surface area contributed by atoms with E-state index in [1.165, 1.54) is 5.56 Å². The molecular weight excluding hydrogens is 465 g/mol. The lowest BCUT2D eigenvalue weighted by molar-refractivity contribution is 0.262. The van der Waals surface area contributed by atoms with Crippen LogP contribution in [0.15, 0.2) is 53.5 Å². The number of fused-ring (bicyclic) bond motifs is 1. The fraction of sp³-hybridized carbons (Fsp3) is 0.409. The highest BCUT2D eigenvalue weighted by Gasteiger charge is 2.21. The molecular formula is C22H30IN3O2. The molecule has 6 heteroatoms. The van der Waals surface area contributed by atoms with Crippen molar-refractivity contribution in [1.29, 1.82) is 0 Å². The van der Waals surface area contributed by atoms with Gasteiger partial charge >= 0.3 is 0 Å². The fourth-order valence-electron chi connectivity index (χ4n) is 3.04. The first-order valence-corrected chi connectivity index (χ1v) is 9.61. The number of nitrogens with two attached hydrogens (primary N) is 1. The van der Waals surface area contributed by atoms with Crippen LogP contribution in [0.2, 0.25) is 0 Å². The highest BCUT2D eigenvalue weighted by molar-refractivity contribution is 14.0. The summed E-state index contributed by atoms with van der Waals surface area (Å²) in [5.74, 6) is 2.84. The summed E-state index contributed by atoms with van der Waals surface area (Å²) in [6.45, 7) is 6.36. The van der Waals surface area contributed by atoms with Crippen LogP contribution in [0.3, 0.4) is 0 Å². The van der Waals surface area contributed by atoms with Gasteiger partial charge < -0.3 is 20.5 Å². The zero-order valence-electron chi connectivity index (χ0n) is 16.6. The standard InChI is InChI=1S/C22H29N3O2.HI/c1-16(2)15-27-18-9-7-17(8-10-18)11-13-24-22(23)25-20-12-14-26-21-6-4-3-5-19(20)21;/h3-10,16,20H,11-15H2,1-2H3,(H3,23,24,25);1H. The maximum Gasteiger partial charge on any atom is 0.189 e. The fourth-order valence-corrected chi connectivity index (χ4v) is 3.04. The molecule has 0 aliphatic carbocycles. The Morgan fingerprint density at radius 2 is 1.96 bits per heavy atom. The molecule has 0 saturated carbocycles. The predicted molar refractivity (Wildman–Crippen MR) is 125 cm³/mol. The van der Waals surface area contributed by atoms with Gasteiger partial charge in [-0.1, -0.05) is 44.2 Å². The second kappa shape index (κ2) is 11.1. The number of aliphatic imine (C=N–C) groups is 1.